The maximum Gasteiger partial charge on any atom is 0.0267 e. The molecule has 0 amide bonds. The van der Waals surface area contributed by atoms with E-state index in [2.05, 4.69) is 6.92 Å². The summed E-state index contributed by atoms with van der Waals surface area (Å²) in [4.78, 5) is 0. The zero-order valence-corrected chi connectivity index (χ0v) is 6.11. The van der Waals surface area contributed by atoms with E-state index in [4.69, 9.17) is 5.48 Å². The van der Waals surface area contributed by atoms with Crippen LogP contribution in [0.5, 0.6) is 0 Å². The highest BCUT2D eigenvalue weighted by Crippen LogP contribution is 2.26. The van der Waals surface area contributed by atoms with Crippen LogP contribution in [0.15, 0.2) is 0 Å². The van der Waals surface area contributed by atoms with Gasteiger partial charge in [0.25, 0.3) is 0 Å². The molecule has 0 saturated heterocycles. The average Bonchev–Trinajstić information content (AvgIpc) is 1.78. The van der Waals surface area contributed by atoms with Crippen molar-refractivity contribution in [2.75, 3.05) is 0 Å². The molecule has 0 unspecified atom stereocenters. The molecular weight excluding hydrogens is 108 g/mol. The minimum absolute atomic E-state index is 0.0697. The molecule has 0 radical (unpaired) electrons. The third-order valence-corrected chi connectivity index (χ3v) is 1.81. The van der Waals surface area contributed by atoms with Crippen LogP contribution in [-0.2, 0) is 0 Å². The standard InChI is InChI=1S/C9H18/c1-2-6-9-7-4-3-5-8-9/h9H,2-8H2,1H3/i4D2,5D2. The van der Waals surface area contributed by atoms with Gasteiger partial charge >= 0.3 is 0 Å². The minimum atomic E-state index is -1.29. The van der Waals surface area contributed by atoms with Gasteiger partial charge in [0, 0.05) is 5.48 Å². The second kappa shape index (κ2) is 3.92. The molecular formula is C9H18. The van der Waals surface area contributed by atoms with Crippen LogP contribution in [0.25, 0.3) is 0 Å². The van der Waals surface area contributed by atoms with Crippen LogP contribution in [0.2, 0.25) is 0 Å². The van der Waals surface area contributed by atoms with Gasteiger partial charge in [-0.2, -0.15) is 0 Å². The first-order valence-electron chi connectivity index (χ1n) is 5.85. The van der Waals surface area contributed by atoms with Crippen molar-refractivity contribution in [1.29, 1.82) is 0 Å². The molecule has 54 valence electrons. The van der Waals surface area contributed by atoms with Crippen molar-refractivity contribution < 1.29 is 5.48 Å². The quantitative estimate of drug-likeness (QED) is 0.537. The summed E-state index contributed by atoms with van der Waals surface area (Å²) in [6.45, 7) is 2.07. The van der Waals surface area contributed by atoms with Crippen molar-refractivity contribution in [3.8, 4) is 0 Å². The van der Waals surface area contributed by atoms with Crippen LogP contribution >= 0.6 is 0 Å². The van der Waals surface area contributed by atoms with Crippen molar-refractivity contribution in [2.45, 2.75) is 51.8 Å². The predicted octanol–water partition coefficient (Wildman–Crippen LogP) is 3.37. The van der Waals surface area contributed by atoms with Gasteiger partial charge in [-0.3, -0.25) is 0 Å². The van der Waals surface area contributed by atoms with Gasteiger partial charge in [0.1, 0.15) is 0 Å². The molecule has 1 aliphatic rings. The molecule has 0 atom stereocenters. The van der Waals surface area contributed by atoms with Crippen molar-refractivity contribution in [1.82, 2.24) is 0 Å². The Morgan fingerprint density at radius 3 is 2.67 bits per heavy atom. The van der Waals surface area contributed by atoms with Gasteiger partial charge in [-0.1, -0.05) is 51.8 Å². The van der Waals surface area contributed by atoms with E-state index in [1.54, 1.807) is 0 Å². The van der Waals surface area contributed by atoms with E-state index in [1.807, 2.05) is 0 Å². The Morgan fingerprint density at radius 2 is 2.11 bits per heavy atom. The Kier molecular flexibility index (Phi) is 1.48. The lowest BCUT2D eigenvalue weighted by Crippen LogP contribution is -2.04. The molecule has 1 saturated carbocycles. The van der Waals surface area contributed by atoms with Crippen LogP contribution in [-0.4, -0.2) is 0 Å². The molecule has 1 fully saturated rings. The van der Waals surface area contributed by atoms with E-state index in [9.17, 15) is 0 Å². The highest BCUT2D eigenvalue weighted by molar-refractivity contribution is 4.64. The molecule has 0 nitrogen and oxygen atoms in total. The third-order valence-electron chi connectivity index (χ3n) is 1.81. The van der Waals surface area contributed by atoms with Crippen molar-refractivity contribution in [3.63, 3.8) is 0 Å². The highest BCUT2D eigenvalue weighted by atomic mass is 14.2. The largest absolute Gasteiger partial charge is 0.0654 e. The summed E-state index contributed by atoms with van der Waals surface area (Å²) in [7, 11) is 0. The minimum Gasteiger partial charge on any atom is -0.0654 e. The fourth-order valence-electron chi connectivity index (χ4n) is 1.33. The zero-order valence-electron chi connectivity index (χ0n) is 10.1. The van der Waals surface area contributed by atoms with Crippen molar-refractivity contribution >= 4 is 0 Å². The Balaban J connectivity index is 2.61. The monoisotopic (exact) mass is 130 g/mol. The smallest absolute Gasteiger partial charge is 0.0267 e. The van der Waals surface area contributed by atoms with Gasteiger partial charge in [-0.25, -0.2) is 0 Å². The van der Waals surface area contributed by atoms with Crippen LogP contribution in [0.4, 0.5) is 0 Å². The maximum absolute atomic E-state index is 7.62. The SMILES string of the molecule is [2H]C1([2H])CC(CCC)CC([2H])([2H])C1. The summed E-state index contributed by atoms with van der Waals surface area (Å²) in [6.07, 6.45) is 0.555. The molecule has 9 heavy (non-hydrogen) atoms. The van der Waals surface area contributed by atoms with Gasteiger partial charge in [-0.05, 0) is 5.92 Å². The Morgan fingerprint density at radius 1 is 1.44 bits per heavy atom. The molecule has 0 spiro atoms. The van der Waals surface area contributed by atoms with E-state index in [-0.39, 0.29) is 12.3 Å². The Bertz CT molecular complexity index is 160. The summed E-state index contributed by atoms with van der Waals surface area (Å²) in [6, 6.07) is 0. The van der Waals surface area contributed by atoms with E-state index in [0.29, 0.717) is 12.8 Å². The highest BCUT2D eigenvalue weighted by Gasteiger charge is 2.10. The molecule has 0 heteroatoms. The van der Waals surface area contributed by atoms with Gasteiger partial charge in [-0.15, -0.1) is 0 Å². The molecule has 0 aromatic rings. The predicted molar refractivity (Wildman–Crippen MR) is 41.5 cm³/mol. The summed E-state index contributed by atoms with van der Waals surface area (Å²) >= 11 is 0. The van der Waals surface area contributed by atoms with Gasteiger partial charge < -0.3 is 0 Å². The lowest BCUT2D eigenvalue weighted by Gasteiger charge is -2.20. The second-order valence-corrected chi connectivity index (χ2v) is 2.74. The molecule has 0 heterocycles. The Hall–Kier alpha value is 0. The van der Waals surface area contributed by atoms with E-state index in [0.717, 1.165) is 12.8 Å². The molecule has 0 aromatic heterocycles. The third kappa shape index (κ3) is 2.38. The van der Waals surface area contributed by atoms with Gasteiger partial charge in [0.2, 0.25) is 0 Å². The fourth-order valence-corrected chi connectivity index (χ4v) is 1.33. The lowest BCUT2D eigenvalue weighted by molar-refractivity contribution is 0.336. The van der Waals surface area contributed by atoms with Crippen LogP contribution < -0.4 is 0 Å². The lowest BCUT2D eigenvalue weighted by atomic mass is 9.86. The molecule has 0 aliphatic heterocycles. The topological polar surface area (TPSA) is 0 Å². The molecule has 1 rings (SSSR count). The van der Waals surface area contributed by atoms with E-state index >= 15 is 0 Å². The summed E-state index contributed by atoms with van der Waals surface area (Å²) in [5.41, 5.74) is 0. The second-order valence-electron chi connectivity index (χ2n) is 2.74. The van der Waals surface area contributed by atoms with Crippen molar-refractivity contribution in [3.05, 3.63) is 0 Å². The number of rotatable bonds is 2. The van der Waals surface area contributed by atoms with Crippen LogP contribution in [0.3, 0.4) is 0 Å². The summed E-state index contributed by atoms with van der Waals surface area (Å²) in [5.74, 6) is 0.240. The average molecular weight is 130 g/mol. The maximum atomic E-state index is 7.62. The van der Waals surface area contributed by atoms with E-state index < -0.39 is 12.7 Å². The molecule has 0 N–H and O–H groups in total. The number of hydrogen-bond donors (Lipinski definition) is 0. The molecule has 0 bridgehead atoms. The van der Waals surface area contributed by atoms with Crippen molar-refractivity contribution in [2.24, 2.45) is 5.92 Å². The molecule has 1 aliphatic carbocycles. The summed E-state index contributed by atoms with van der Waals surface area (Å²) in [5, 5.41) is 0. The summed E-state index contributed by atoms with van der Waals surface area (Å²) < 4.78 is 30.5. The first kappa shape index (κ1) is 3.41. The first-order valence-corrected chi connectivity index (χ1v) is 3.85. The Labute approximate surface area is 64.3 Å². The van der Waals surface area contributed by atoms with Gasteiger partial charge in [0.05, 0.1) is 0 Å². The van der Waals surface area contributed by atoms with Crippen LogP contribution in [0, 0.1) is 5.92 Å². The number of hydrogen-bond acceptors (Lipinski definition) is 0. The first-order chi connectivity index (χ1) is 5.85. The normalized spacial score (nSPS) is 40.1. The molecule has 0 aromatic carbocycles. The zero-order chi connectivity index (χ0) is 10.1. The fraction of sp³-hybridized carbons (Fsp3) is 1.00. The van der Waals surface area contributed by atoms with Crippen LogP contribution in [0.1, 0.15) is 57.3 Å². The van der Waals surface area contributed by atoms with E-state index in [1.165, 1.54) is 0 Å². The van der Waals surface area contributed by atoms with Gasteiger partial charge in [0.15, 0.2) is 0 Å².